The Hall–Kier alpha value is -1.61. The van der Waals surface area contributed by atoms with Crippen LogP contribution in [0.3, 0.4) is 0 Å². The van der Waals surface area contributed by atoms with Gasteiger partial charge in [0, 0.05) is 33.2 Å². The van der Waals surface area contributed by atoms with Crippen molar-refractivity contribution in [2.75, 3.05) is 26.2 Å². The molecule has 132 valence electrons. The molecule has 0 radical (unpaired) electrons. The van der Waals surface area contributed by atoms with Crippen molar-refractivity contribution in [1.29, 1.82) is 0 Å². The minimum atomic E-state index is 0.358. The zero-order valence-corrected chi connectivity index (χ0v) is 16.1. The van der Waals surface area contributed by atoms with Crippen LogP contribution in [0.25, 0.3) is 10.2 Å². The van der Waals surface area contributed by atoms with Gasteiger partial charge in [0.25, 0.3) is 0 Å². The normalized spacial score (nSPS) is 18.0. The van der Waals surface area contributed by atoms with E-state index in [4.69, 9.17) is 17.2 Å². The van der Waals surface area contributed by atoms with Crippen LogP contribution in [0.1, 0.15) is 18.0 Å². The van der Waals surface area contributed by atoms with Gasteiger partial charge in [-0.25, -0.2) is 9.67 Å². The molecule has 1 saturated heterocycles. The van der Waals surface area contributed by atoms with Crippen LogP contribution in [0.15, 0.2) is 30.6 Å². The van der Waals surface area contributed by atoms with E-state index in [2.05, 4.69) is 46.1 Å². The second-order valence-electron chi connectivity index (χ2n) is 6.52. The van der Waals surface area contributed by atoms with Gasteiger partial charge in [-0.3, -0.25) is 9.80 Å². The van der Waals surface area contributed by atoms with Crippen LogP contribution in [-0.2, 0) is 13.7 Å². The molecule has 1 aliphatic heterocycles. The second kappa shape index (κ2) is 6.95. The van der Waals surface area contributed by atoms with Gasteiger partial charge in [0.2, 0.25) is 0 Å². The van der Waals surface area contributed by atoms with Crippen molar-refractivity contribution in [2.45, 2.75) is 19.6 Å². The number of aryl methyl sites for hydroxylation is 1. The fourth-order valence-corrected chi connectivity index (χ4v) is 4.43. The number of aromatic nitrogens is 4. The zero-order chi connectivity index (χ0) is 17.4. The molecule has 1 atom stereocenters. The summed E-state index contributed by atoms with van der Waals surface area (Å²) < 4.78 is 5.81. The first-order chi connectivity index (χ1) is 12.1. The van der Waals surface area contributed by atoms with Crippen LogP contribution < -0.4 is 0 Å². The Kier molecular flexibility index (Phi) is 4.68. The van der Waals surface area contributed by atoms with E-state index in [-0.39, 0.29) is 0 Å². The van der Waals surface area contributed by atoms with Crippen LogP contribution >= 0.6 is 23.6 Å². The van der Waals surface area contributed by atoms with Crippen molar-refractivity contribution in [3.05, 3.63) is 40.4 Å². The number of hydrogen-bond donors (Lipinski definition) is 0. The molecule has 0 bridgehead atoms. The third-order valence-corrected chi connectivity index (χ3v) is 6.55. The molecule has 3 heterocycles. The van der Waals surface area contributed by atoms with Gasteiger partial charge in [-0.1, -0.05) is 12.1 Å². The summed E-state index contributed by atoms with van der Waals surface area (Å²) in [7, 11) is 1.93. The maximum absolute atomic E-state index is 5.37. The Labute approximate surface area is 156 Å². The molecular formula is C17H22N6S2. The average molecular weight is 375 g/mol. The Bertz CT molecular complexity index is 886. The van der Waals surface area contributed by atoms with Gasteiger partial charge in [0.1, 0.15) is 11.3 Å². The van der Waals surface area contributed by atoms with Gasteiger partial charge in [-0.2, -0.15) is 5.10 Å². The molecule has 0 N–H and O–H groups in total. The van der Waals surface area contributed by atoms with Gasteiger partial charge in [0.15, 0.2) is 4.77 Å². The number of piperazine rings is 1. The number of hydrogen-bond acceptors (Lipinski definition) is 6. The first kappa shape index (κ1) is 16.8. The van der Waals surface area contributed by atoms with E-state index in [1.54, 1.807) is 6.33 Å². The molecule has 25 heavy (non-hydrogen) atoms. The van der Waals surface area contributed by atoms with E-state index in [9.17, 15) is 0 Å². The minimum Gasteiger partial charge on any atom is -0.310 e. The highest BCUT2D eigenvalue weighted by Crippen LogP contribution is 2.29. The van der Waals surface area contributed by atoms with Crippen LogP contribution in [0, 0.1) is 4.77 Å². The largest absolute Gasteiger partial charge is 0.310 e. The summed E-state index contributed by atoms with van der Waals surface area (Å²) in [6.07, 6.45) is 1.77. The molecule has 1 fully saturated rings. The predicted molar refractivity (Wildman–Crippen MR) is 103 cm³/mol. The number of nitrogens with zero attached hydrogens (tertiary/aromatic N) is 6. The monoisotopic (exact) mass is 374 g/mol. The number of benzene rings is 1. The molecule has 0 amide bonds. The summed E-state index contributed by atoms with van der Waals surface area (Å²) >= 11 is 7.18. The van der Waals surface area contributed by atoms with Gasteiger partial charge >= 0.3 is 0 Å². The van der Waals surface area contributed by atoms with Crippen molar-refractivity contribution in [1.82, 2.24) is 29.1 Å². The lowest BCUT2D eigenvalue weighted by molar-refractivity contribution is 0.0788. The number of thiazole rings is 1. The first-order valence-electron chi connectivity index (χ1n) is 8.52. The molecule has 8 heteroatoms. The molecule has 2 aromatic heterocycles. The van der Waals surface area contributed by atoms with E-state index in [0.717, 1.165) is 43.1 Å². The molecule has 0 saturated carbocycles. The topological polar surface area (TPSA) is 42.1 Å². The lowest BCUT2D eigenvalue weighted by atomic mass is 10.2. The third kappa shape index (κ3) is 3.39. The highest BCUT2D eigenvalue weighted by Gasteiger charge is 2.24. The van der Waals surface area contributed by atoms with Crippen LogP contribution in [0.5, 0.6) is 0 Å². The SMILES string of the molecule is CC(c1nc2ccccc2s1)N1CCN(Cn2ncn(C)c2=S)CC1. The minimum absolute atomic E-state index is 0.358. The lowest BCUT2D eigenvalue weighted by Crippen LogP contribution is -2.47. The van der Waals surface area contributed by atoms with E-state index < -0.39 is 0 Å². The highest BCUT2D eigenvalue weighted by atomic mass is 32.1. The van der Waals surface area contributed by atoms with E-state index >= 15 is 0 Å². The van der Waals surface area contributed by atoms with Crippen molar-refractivity contribution in [3.63, 3.8) is 0 Å². The molecule has 0 aliphatic carbocycles. The summed E-state index contributed by atoms with van der Waals surface area (Å²) in [5.41, 5.74) is 1.11. The lowest BCUT2D eigenvalue weighted by Gasteiger charge is -2.37. The standard InChI is InChI=1S/C17H22N6S2/c1-13(16-19-14-5-3-4-6-15(14)25-16)22-9-7-21(8-10-22)12-23-17(24)20(2)11-18-23/h3-6,11,13H,7-10,12H2,1-2H3. The van der Waals surface area contributed by atoms with Gasteiger partial charge in [-0.05, 0) is 31.3 Å². The molecule has 1 unspecified atom stereocenters. The Balaban J connectivity index is 1.39. The summed E-state index contributed by atoms with van der Waals surface area (Å²) in [6, 6.07) is 8.74. The quantitative estimate of drug-likeness (QED) is 0.657. The van der Waals surface area contributed by atoms with Crippen LogP contribution in [-0.4, -0.2) is 55.3 Å². The van der Waals surface area contributed by atoms with Crippen molar-refractivity contribution >= 4 is 33.8 Å². The Morgan fingerprint density at radius 1 is 1.20 bits per heavy atom. The maximum atomic E-state index is 5.37. The molecule has 1 aromatic carbocycles. The van der Waals surface area contributed by atoms with E-state index in [0.29, 0.717) is 6.04 Å². The fraction of sp³-hybridized carbons (Fsp3) is 0.471. The number of para-hydroxylation sites is 1. The van der Waals surface area contributed by atoms with Crippen molar-refractivity contribution in [2.24, 2.45) is 7.05 Å². The van der Waals surface area contributed by atoms with Crippen molar-refractivity contribution in [3.8, 4) is 0 Å². The fourth-order valence-electron chi connectivity index (χ4n) is 3.22. The average Bonchev–Trinajstić information content (AvgIpc) is 3.20. The van der Waals surface area contributed by atoms with E-state index in [1.807, 2.05) is 27.6 Å². The number of rotatable bonds is 4. The maximum Gasteiger partial charge on any atom is 0.198 e. The molecule has 0 spiro atoms. The Morgan fingerprint density at radius 2 is 1.96 bits per heavy atom. The predicted octanol–water partition coefficient (Wildman–Crippen LogP) is 2.90. The summed E-state index contributed by atoms with van der Waals surface area (Å²) in [5, 5.41) is 5.56. The molecular weight excluding hydrogens is 352 g/mol. The third-order valence-electron chi connectivity index (χ3n) is 4.84. The van der Waals surface area contributed by atoms with Crippen molar-refractivity contribution < 1.29 is 0 Å². The summed E-state index contributed by atoms with van der Waals surface area (Å²) in [6.45, 7) is 7.15. The zero-order valence-electron chi connectivity index (χ0n) is 14.5. The van der Waals surface area contributed by atoms with Crippen LogP contribution in [0.4, 0.5) is 0 Å². The number of fused-ring (bicyclic) bond motifs is 1. The highest BCUT2D eigenvalue weighted by molar-refractivity contribution is 7.71. The first-order valence-corrected chi connectivity index (χ1v) is 9.74. The second-order valence-corrected chi connectivity index (χ2v) is 7.94. The smallest absolute Gasteiger partial charge is 0.198 e. The molecule has 4 rings (SSSR count). The van der Waals surface area contributed by atoms with E-state index in [1.165, 1.54) is 9.71 Å². The van der Waals surface area contributed by atoms with Gasteiger partial charge in [-0.15, -0.1) is 11.3 Å². The summed E-state index contributed by atoms with van der Waals surface area (Å²) in [4.78, 5) is 9.75. The van der Waals surface area contributed by atoms with Crippen LogP contribution in [0.2, 0.25) is 0 Å². The molecule has 3 aromatic rings. The molecule has 6 nitrogen and oxygen atoms in total. The van der Waals surface area contributed by atoms with Gasteiger partial charge < -0.3 is 4.57 Å². The van der Waals surface area contributed by atoms with Gasteiger partial charge in [0.05, 0.1) is 22.9 Å². The Morgan fingerprint density at radius 3 is 2.64 bits per heavy atom. The summed E-state index contributed by atoms with van der Waals surface area (Å²) in [5.74, 6) is 0. The molecule has 1 aliphatic rings.